The maximum absolute atomic E-state index is 8.63. The van der Waals surface area contributed by atoms with Gasteiger partial charge in [0.15, 0.2) is 0 Å². The summed E-state index contributed by atoms with van der Waals surface area (Å²) in [7, 11) is 0. The van der Waals surface area contributed by atoms with Gasteiger partial charge in [0.2, 0.25) is 11.0 Å². The van der Waals surface area contributed by atoms with Crippen molar-refractivity contribution in [1.82, 2.24) is 0 Å². The van der Waals surface area contributed by atoms with E-state index in [1.807, 2.05) is 0 Å². The lowest BCUT2D eigenvalue weighted by Gasteiger charge is -2.06. The third-order valence-electron chi connectivity index (χ3n) is 11.8. The smallest absolute Gasteiger partial charge is 0.192 e. The molecule has 1 heterocycles. The Hall–Kier alpha value is -8.05. The second-order valence-corrected chi connectivity index (χ2v) is 16.7. The van der Waals surface area contributed by atoms with Crippen LogP contribution >= 0.6 is 0 Å². The Kier molecular flexibility index (Phi) is 26.7. The van der Waals surface area contributed by atoms with Crippen LogP contribution in [0.25, 0.3) is 44.1 Å². The van der Waals surface area contributed by atoms with E-state index in [4.69, 9.17) is 42.1 Å². The minimum Gasteiger partial charge on any atom is -0.192 e. The van der Waals surface area contributed by atoms with Crippen LogP contribution in [-0.2, 0) is 6.54 Å². The first-order valence-corrected chi connectivity index (χ1v) is 24.1. The number of hydrogen-bond donors (Lipinski definition) is 0. The Morgan fingerprint density at radius 3 is 0.809 bits per heavy atom. The van der Waals surface area contributed by atoms with Gasteiger partial charge in [-0.3, -0.25) is 0 Å². The number of rotatable bonds is 21. The fourth-order valence-corrected chi connectivity index (χ4v) is 8.00. The van der Waals surface area contributed by atoms with E-state index in [-0.39, 0.29) is 22.3 Å². The normalized spacial score (nSPS) is 9.78. The molecule has 0 spiro atoms. The average Bonchev–Trinajstić information content (AvgIpc) is 3.38. The molecule has 9 heteroatoms. The van der Waals surface area contributed by atoms with Crippen molar-refractivity contribution in [2.75, 3.05) is 0 Å². The summed E-state index contributed by atoms with van der Waals surface area (Å²) in [6, 6.07) is 46.4. The lowest BCUT2D eigenvalue weighted by atomic mass is 10.0. The molecule has 0 fully saturated rings. The van der Waals surface area contributed by atoms with Crippen LogP contribution in [-0.4, -0.2) is 0 Å². The number of aryl methyl sites for hydroxylation is 1. The first-order chi connectivity index (χ1) is 33.4. The summed E-state index contributed by atoms with van der Waals surface area (Å²) >= 11 is 0. The Morgan fingerprint density at radius 2 is 0.559 bits per heavy atom. The van der Waals surface area contributed by atoms with E-state index in [0.717, 1.165) is 6.54 Å². The van der Waals surface area contributed by atoms with E-state index in [1.54, 1.807) is 48.6 Å². The van der Waals surface area contributed by atoms with Crippen LogP contribution in [0.15, 0.2) is 103 Å². The van der Waals surface area contributed by atoms with Gasteiger partial charge >= 0.3 is 0 Å². The topological polar surface area (TPSA) is 194 Å². The van der Waals surface area contributed by atoms with Crippen LogP contribution in [0.5, 0.6) is 0 Å². The maximum atomic E-state index is 8.63. The predicted molar refractivity (Wildman–Crippen MR) is 270 cm³/mol. The van der Waals surface area contributed by atoms with Crippen LogP contribution < -0.4 is 25.4 Å². The summed E-state index contributed by atoms with van der Waals surface area (Å²) in [4.78, 5) is 0. The highest BCUT2D eigenvalue weighted by Gasteiger charge is 2.14. The number of aromatic nitrogens is 1. The number of unbranched alkanes of at least 4 members (excludes halogenated alkanes) is 19. The number of para-hydroxylation sites is 2. The van der Waals surface area contributed by atoms with E-state index in [0.29, 0.717) is 20.9 Å². The van der Waals surface area contributed by atoms with E-state index in [1.165, 1.54) is 199 Å². The molecule has 0 saturated heterocycles. The quantitative estimate of drug-likeness (QED) is 0.0394. The fraction of sp³-hybridized carbons (Fsp3) is 0.373. The molecule has 4 aromatic carbocycles. The summed E-state index contributed by atoms with van der Waals surface area (Å²) < 4.78 is 2.54. The highest BCUT2D eigenvalue weighted by atomic mass is 15.0. The molecule has 5 aromatic rings. The number of pyridine rings is 1. The Bertz CT molecular complexity index is 2600. The van der Waals surface area contributed by atoms with Crippen LogP contribution in [0.1, 0.15) is 135 Å². The van der Waals surface area contributed by atoms with Crippen LogP contribution in [0.3, 0.4) is 0 Å². The van der Waals surface area contributed by atoms with Gasteiger partial charge in [0.1, 0.15) is 77.4 Å². The summed E-state index contributed by atoms with van der Waals surface area (Å²) in [6.07, 6.45) is 28.7. The van der Waals surface area contributed by atoms with Gasteiger partial charge in [-0.2, -0.15) is 46.7 Å². The Labute approximate surface area is 403 Å². The van der Waals surface area contributed by atoms with E-state index in [9.17, 15) is 0 Å². The zero-order valence-corrected chi connectivity index (χ0v) is 39.7. The van der Waals surface area contributed by atoms with Crippen molar-refractivity contribution in [3.63, 3.8) is 0 Å². The van der Waals surface area contributed by atoms with Crippen molar-refractivity contribution < 1.29 is 4.57 Å². The molecule has 0 aliphatic heterocycles. The molecule has 9 nitrogen and oxygen atoms in total. The van der Waals surface area contributed by atoms with Crippen molar-refractivity contribution in [1.29, 1.82) is 42.1 Å². The van der Waals surface area contributed by atoms with Crippen molar-refractivity contribution >= 4 is 44.1 Å². The molecule has 0 saturated carbocycles. The number of benzene rings is 4. The Morgan fingerprint density at radius 1 is 0.324 bits per heavy atom. The summed E-state index contributed by atoms with van der Waals surface area (Å²) in [5.41, 5.74) is 2.75. The maximum Gasteiger partial charge on any atom is 0.212 e. The SMILES string of the molecule is CCCCCCCCCCCCCCCCCCCCCC[n+]1c2ccccc2cc2ccccc21.N#CC(C#N)=c1ccc(=C(C#N)C#N)cc1.N#CC(C#N)=c1ccc(=C(C#N)C#N)cc1. The lowest BCUT2D eigenvalue weighted by molar-refractivity contribution is -0.645. The molecule has 1 aromatic heterocycles. The molecule has 68 heavy (non-hydrogen) atoms. The molecule has 0 aliphatic rings. The van der Waals surface area contributed by atoms with Crippen LogP contribution in [0.2, 0.25) is 0 Å². The van der Waals surface area contributed by atoms with Crippen molar-refractivity contribution in [3.05, 3.63) is 124 Å². The van der Waals surface area contributed by atoms with Gasteiger partial charge in [0, 0.05) is 50.2 Å². The van der Waals surface area contributed by atoms with E-state index in [2.05, 4.69) is 66.1 Å². The lowest BCUT2D eigenvalue weighted by Crippen LogP contribution is -2.35. The zero-order valence-electron chi connectivity index (χ0n) is 39.7. The number of nitriles is 8. The Balaban J connectivity index is 0.000000316. The second-order valence-electron chi connectivity index (χ2n) is 16.7. The molecule has 0 unspecified atom stereocenters. The number of hydrogen-bond acceptors (Lipinski definition) is 8. The van der Waals surface area contributed by atoms with E-state index < -0.39 is 0 Å². The molecule has 0 amide bonds. The van der Waals surface area contributed by atoms with Gasteiger partial charge in [-0.1, -0.05) is 195 Å². The minimum absolute atomic E-state index is 0.00187. The van der Waals surface area contributed by atoms with Gasteiger partial charge in [0.25, 0.3) is 0 Å². The molecule has 342 valence electrons. The monoisotopic (exact) mass is 897 g/mol. The summed E-state index contributed by atoms with van der Waals surface area (Å²) in [6.45, 7) is 3.43. The van der Waals surface area contributed by atoms with Crippen molar-refractivity contribution in [2.45, 2.75) is 142 Å². The van der Waals surface area contributed by atoms with Gasteiger partial charge in [-0.05, 0) is 24.6 Å². The first kappa shape index (κ1) is 54.3. The average molecular weight is 897 g/mol. The van der Waals surface area contributed by atoms with E-state index >= 15 is 0 Å². The highest BCUT2D eigenvalue weighted by molar-refractivity contribution is 5.88. The highest BCUT2D eigenvalue weighted by Crippen LogP contribution is 2.19. The molecule has 0 radical (unpaired) electrons. The van der Waals surface area contributed by atoms with Gasteiger partial charge < -0.3 is 0 Å². The molecular weight excluding hydrogens is 835 g/mol. The fourth-order valence-electron chi connectivity index (χ4n) is 8.00. The summed E-state index contributed by atoms with van der Waals surface area (Å²) in [5, 5.41) is 73.7. The molecule has 5 rings (SSSR count). The van der Waals surface area contributed by atoms with Crippen molar-refractivity contribution in [2.24, 2.45) is 0 Å². The molecule has 0 bridgehead atoms. The van der Waals surface area contributed by atoms with Crippen LogP contribution in [0.4, 0.5) is 0 Å². The van der Waals surface area contributed by atoms with Gasteiger partial charge in [-0.15, -0.1) is 0 Å². The molecule has 0 N–H and O–H groups in total. The zero-order chi connectivity index (χ0) is 49.0. The largest absolute Gasteiger partial charge is 0.212 e. The third-order valence-corrected chi connectivity index (χ3v) is 11.8. The molecular formula is C59H62N9+. The van der Waals surface area contributed by atoms with Gasteiger partial charge in [0.05, 0.1) is 0 Å². The third kappa shape index (κ3) is 18.8. The number of nitrogens with zero attached hydrogens (tertiary/aromatic N) is 9. The van der Waals surface area contributed by atoms with Crippen molar-refractivity contribution in [3.8, 4) is 48.6 Å². The predicted octanol–water partition coefficient (Wildman–Crippen LogP) is 11.3. The van der Waals surface area contributed by atoms with Gasteiger partial charge in [-0.25, -0.2) is 0 Å². The summed E-state index contributed by atoms with van der Waals surface area (Å²) in [5.74, 6) is 0. The second kappa shape index (κ2) is 33.4. The van der Waals surface area contributed by atoms with Crippen LogP contribution in [0, 0.1) is 90.6 Å². The first-order valence-electron chi connectivity index (χ1n) is 24.1. The minimum atomic E-state index is 0.00187. The number of fused-ring (bicyclic) bond motifs is 2. The standard InChI is InChI=1S/C35H54N.2C12H4N4/c1-2-3-4-5-6-7-8-9-10-11-12-13-14-15-16-17-18-19-20-25-30-36-34-28-23-21-26-32(34)31-33-27-22-24-29-35(33)36;2*13-5-11(6-14)9-1-2-10(4-3-9)12(7-15)8-16/h21-24,26-29,31H,2-20,25,30H2,1H3;2*1-4H/q+1;;. The molecule has 0 aliphatic carbocycles. The molecule has 0 atom stereocenters.